The Morgan fingerprint density at radius 3 is 2.36 bits per heavy atom. The average Bonchev–Trinajstić information content (AvgIpc) is 3.16. The van der Waals surface area contributed by atoms with E-state index in [1.807, 2.05) is 0 Å². The molecule has 0 bridgehead atoms. The molecule has 2 aromatic carbocycles. The number of anilines is 1. The van der Waals surface area contributed by atoms with E-state index in [-0.39, 0.29) is 17.2 Å². The fourth-order valence-corrected chi connectivity index (χ4v) is 3.35. The Hall–Kier alpha value is -3.33. The molecule has 144 valence electrons. The van der Waals surface area contributed by atoms with Crippen LogP contribution in [0.5, 0.6) is 5.75 Å². The lowest BCUT2D eigenvalue weighted by Crippen LogP contribution is -2.32. The third kappa shape index (κ3) is 3.84. The van der Waals surface area contributed by atoms with Crippen molar-refractivity contribution in [3.63, 3.8) is 0 Å². The van der Waals surface area contributed by atoms with Crippen molar-refractivity contribution in [2.24, 2.45) is 0 Å². The Balaban J connectivity index is 2.07. The van der Waals surface area contributed by atoms with E-state index in [0.717, 1.165) is 34.4 Å². The van der Waals surface area contributed by atoms with Crippen molar-refractivity contribution >= 4 is 28.2 Å². The lowest BCUT2D eigenvalue weighted by Gasteiger charge is -2.22. The number of aromatic carboxylic acids is 1. The molecule has 0 aliphatic carbocycles. The van der Waals surface area contributed by atoms with E-state index in [0.29, 0.717) is 11.3 Å². The predicted octanol–water partition coefficient (Wildman–Crippen LogP) is 3.98. The molecule has 6 nitrogen and oxygen atoms in total. The number of ether oxygens (including phenoxy) is 1. The second-order valence-electron chi connectivity index (χ2n) is 5.65. The zero-order chi connectivity index (χ0) is 20.3. The number of thiazole rings is 1. The Morgan fingerprint density at radius 1 is 1.14 bits per heavy atom. The third-order valence-corrected chi connectivity index (χ3v) is 4.77. The number of aromatic nitrogens is 1. The number of nitrogens with zero attached hydrogens (tertiary/aromatic N) is 2. The summed E-state index contributed by atoms with van der Waals surface area (Å²) >= 11 is 0.891. The number of rotatable bonds is 6. The summed E-state index contributed by atoms with van der Waals surface area (Å²) in [5.74, 6) is -3.83. The molecule has 0 aliphatic heterocycles. The number of hydrogen-bond donors (Lipinski definition) is 1. The van der Waals surface area contributed by atoms with Crippen LogP contribution < -0.4 is 9.64 Å². The van der Waals surface area contributed by atoms with E-state index in [4.69, 9.17) is 4.74 Å². The highest BCUT2D eigenvalue weighted by atomic mass is 32.1. The van der Waals surface area contributed by atoms with Gasteiger partial charge in [-0.05, 0) is 29.8 Å². The van der Waals surface area contributed by atoms with Gasteiger partial charge in [-0.1, -0.05) is 18.2 Å². The molecular weight excluding hydrogens is 390 g/mol. The molecule has 0 spiro atoms. The summed E-state index contributed by atoms with van der Waals surface area (Å²) < 4.78 is 33.4. The van der Waals surface area contributed by atoms with Crippen molar-refractivity contribution in [1.82, 2.24) is 4.98 Å². The number of hydrogen-bond acceptors (Lipinski definition) is 5. The van der Waals surface area contributed by atoms with Crippen LogP contribution in [0.15, 0.2) is 48.0 Å². The SMILES string of the molecule is COc1ccc(CN(C(=O)c2c(F)cccc2F)c2scnc2C(=O)O)cc1. The lowest BCUT2D eigenvalue weighted by atomic mass is 10.1. The molecule has 0 aliphatic rings. The van der Waals surface area contributed by atoms with Crippen LogP contribution in [0.25, 0.3) is 0 Å². The first-order chi connectivity index (χ1) is 13.4. The van der Waals surface area contributed by atoms with Crippen LogP contribution in [0.4, 0.5) is 13.8 Å². The highest BCUT2D eigenvalue weighted by Gasteiger charge is 2.29. The van der Waals surface area contributed by atoms with Crippen LogP contribution in [0, 0.1) is 11.6 Å². The quantitative estimate of drug-likeness (QED) is 0.672. The van der Waals surface area contributed by atoms with Gasteiger partial charge < -0.3 is 9.84 Å². The second-order valence-corrected chi connectivity index (χ2v) is 6.48. The molecule has 0 saturated heterocycles. The summed E-state index contributed by atoms with van der Waals surface area (Å²) in [6, 6.07) is 9.72. The maximum absolute atomic E-state index is 14.2. The van der Waals surface area contributed by atoms with Gasteiger partial charge in [0.05, 0.1) is 19.2 Å². The molecule has 0 saturated carbocycles. The number of carboxylic acids is 1. The number of amides is 1. The van der Waals surface area contributed by atoms with Crippen LogP contribution in [0.3, 0.4) is 0 Å². The van der Waals surface area contributed by atoms with Crippen LogP contribution in [-0.2, 0) is 6.54 Å². The van der Waals surface area contributed by atoms with Gasteiger partial charge in [0, 0.05) is 0 Å². The van der Waals surface area contributed by atoms with Crippen molar-refractivity contribution in [1.29, 1.82) is 0 Å². The normalized spacial score (nSPS) is 10.5. The van der Waals surface area contributed by atoms with E-state index in [2.05, 4.69) is 4.98 Å². The maximum atomic E-state index is 14.2. The summed E-state index contributed by atoms with van der Waals surface area (Å²) in [5.41, 5.74) is 0.727. The van der Waals surface area contributed by atoms with Crippen LogP contribution in [0.1, 0.15) is 26.4 Å². The molecule has 0 unspecified atom stereocenters. The summed E-state index contributed by atoms with van der Waals surface area (Å²) in [6.45, 7) is -0.112. The Bertz CT molecular complexity index is 1000. The first kappa shape index (κ1) is 19.4. The number of halogens is 2. The van der Waals surface area contributed by atoms with Gasteiger partial charge in [0.15, 0.2) is 5.69 Å². The van der Waals surface area contributed by atoms with Gasteiger partial charge in [-0.3, -0.25) is 9.69 Å². The fourth-order valence-electron chi connectivity index (χ4n) is 2.56. The fraction of sp³-hybridized carbons (Fsp3) is 0.105. The average molecular weight is 404 g/mol. The first-order valence-electron chi connectivity index (χ1n) is 7.98. The molecule has 3 aromatic rings. The molecule has 3 rings (SSSR count). The van der Waals surface area contributed by atoms with Gasteiger partial charge in [-0.2, -0.15) is 0 Å². The van der Waals surface area contributed by atoms with E-state index in [9.17, 15) is 23.5 Å². The third-order valence-electron chi connectivity index (χ3n) is 3.92. The number of carboxylic acid groups (broad SMARTS) is 1. The topological polar surface area (TPSA) is 79.7 Å². The highest BCUT2D eigenvalue weighted by molar-refractivity contribution is 7.14. The smallest absolute Gasteiger partial charge is 0.357 e. The van der Waals surface area contributed by atoms with E-state index in [1.165, 1.54) is 12.6 Å². The van der Waals surface area contributed by atoms with Gasteiger partial charge in [0.2, 0.25) is 0 Å². The maximum Gasteiger partial charge on any atom is 0.357 e. The first-order valence-corrected chi connectivity index (χ1v) is 8.86. The second kappa shape index (κ2) is 8.13. The zero-order valence-corrected chi connectivity index (χ0v) is 15.4. The Morgan fingerprint density at radius 2 is 1.79 bits per heavy atom. The monoisotopic (exact) mass is 404 g/mol. The molecule has 1 heterocycles. The zero-order valence-electron chi connectivity index (χ0n) is 14.6. The largest absolute Gasteiger partial charge is 0.497 e. The van der Waals surface area contributed by atoms with Crippen molar-refractivity contribution < 1.29 is 28.2 Å². The summed E-state index contributed by atoms with van der Waals surface area (Å²) in [6.07, 6.45) is 0. The number of carbonyl (C=O) groups excluding carboxylic acids is 1. The van der Waals surface area contributed by atoms with E-state index >= 15 is 0 Å². The van der Waals surface area contributed by atoms with Crippen LogP contribution in [-0.4, -0.2) is 29.1 Å². The molecule has 1 aromatic heterocycles. The standard InChI is InChI=1S/C19H14F2N2O4S/c1-27-12-7-5-11(6-8-12)9-23(18-16(19(25)26)22-10-28-18)17(24)15-13(20)3-2-4-14(15)21/h2-8,10H,9H2,1H3,(H,25,26). The Labute approximate surface area is 162 Å². The number of carbonyl (C=O) groups is 2. The molecule has 9 heteroatoms. The minimum atomic E-state index is -1.35. The number of methoxy groups -OCH3 is 1. The molecule has 28 heavy (non-hydrogen) atoms. The van der Waals surface area contributed by atoms with Gasteiger partial charge >= 0.3 is 5.97 Å². The molecule has 1 amide bonds. The number of benzene rings is 2. The molecular formula is C19H14F2N2O4S. The molecule has 0 atom stereocenters. The lowest BCUT2D eigenvalue weighted by molar-refractivity contribution is 0.0692. The summed E-state index contributed by atoms with van der Waals surface area (Å²) in [5, 5.41) is 9.32. The van der Waals surface area contributed by atoms with Crippen LogP contribution >= 0.6 is 11.3 Å². The van der Waals surface area contributed by atoms with E-state index in [1.54, 1.807) is 24.3 Å². The highest BCUT2D eigenvalue weighted by Crippen LogP contribution is 2.30. The van der Waals surface area contributed by atoms with E-state index < -0.39 is 29.1 Å². The van der Waals surface area contributed by atoms with Crippen molar-refractivity contribution in [3.8, 4) is 5.75 Å². The summed E-state index contributed by atoms with van der Waals surface area (Å²) in [4.78, 5) is 29.2. The van der Waals surface area contributed by atoms with Gasteiger partial charge in [-0.25, -0.2) is 18.6 Å². The predicted molar refractivity (Wildman–Crippen MR) is 98.9 cm³/mol. The van der Waals surface area contributed by atoms with Gasteiger partial charge in [0.25, 0.3) is 5.91 Å². The van der Waals surface area contributed by atoms with Gasteiger partial charge in [-0.15, -0.1) is 11.3 Å². The molecule has 0 radical (unpaired) electrons. The minimum Gasteiger partial charge on any atom is -0.497 e. The summed E-state index contributed by atoms with van der Waals surface area (Å²) in [7, 11) is 1.50. The Kier molecular flexibility index (Phi) is 5.65. The van der Waals surface area contributed by atoms with Crippen molar-refractivity contribution in [3.05, 3.63) is 76.4 Å². The van der Waals surface area contributed by atoms with Gasteiger partial charge in [0.1, 0.15) is 27.9 Å². The van der Waals surface area contributed by atoms with Crippen molar-refractivity contribution in [2.75, 3.05) is 12.0 Å². The minimum absolute atomic E-state index is 0.0176. The van der Waals surface area contributed by atoms with Crippen molar-refractivity contribution in [2.45, 2.75) is 6.54 Å². The molecule has 1 N–H and O–H groups in total. The molecule has 0 fully saturated rings. The van der Waals surface area contributed by atoms with Crippen LogP contribution in [0.2, 0.25) is 0 Å².